The standard InChI is InChI=1S/C11H11F3O2/c1-10(7-15,16-2)8-3-5-9(6-4-8)11(12,13)14/h3-7H,1-2H3. The number of benzene rings is 1. The molecule has 88 valence electrons. The number of hydrogen-bond acceptors (Lipinski definition) is 2. The van der Waals surface area contributed by atoms with Crippen LogP contribution in [0.3, 0.4) is 0 Å². The molecule has 0 N–H and O–H groups in total. The minimum absolute atomic E-state index is 0.387. The summed E-state index contributed by atoms with van der Waals surface area (Å²) in [6.07, 6.45) is -3.82. The zero-order chi connectivity index (χ0) is 12.4. The quantitative estimate of drug-likeness (QED) is 0.749. The molecule has 0 aliphatic carbocycles. The molecular weight excluding hydrogens is 221 g/mol. The molecule has 2 nitrogen and oxygen atoms in total. The van der Waals surface area contributed by atoms with Crippen molar-refractivity contribution in [2.45, 2.75) is 18.7 Å². The van der Waals surface area contributed by atoms with Crippen molar-refractivity contribution in [3.05, 3.63) is 35.4 Å². The van der Waals surface area contributed by atoms with E-state index < -0.39 is 17.3 Å². The zero-order valence-electron chi connectivity index (χ0n) is 8.84. The summed E-state index contributed by atoms with van der Waals surface area (Å²) in [6, 6.07) is 4.33. The number of alkyl halides is 3. The maximum Gasteiger partial charge on any atom is 0.416 e. The van der Waals surface area contributed by atoms with Gasteiger partial charge in [0.2, 0.25) is 0 Å². The number of carbonyl (C=O) groups excluding carboxylic acids is 1. The molecule has 1 rings (SSSR count). The monoisotopic (exact) mass is 232 g/mol. The second kappa shape index (κ2) is 4.25. The lowest BCUT2D eigenvalue weighted by Gasteiger charge is -2.22. The predicted molar refractivity (Wildman–Crippen MR) is 51.9 cm³/mol. The number of hydrogen-bond donors (Lipinski definition) is 0. The molecule has 1 atom stereocenters. The summed E-state index contributed by atoms with van der Waals surface area (Å²) in [6.45, 7) is 1.49. The molecule has 0 fully saturated rings. The van der Waals surface area contributed by atoms with E-state index in [2.05, 4.69) is 0 Å². The van der Waals surface area contributed by atoms with Crippen molar-refractivity contribution in [1.29, 1.82) is 0 Å². The largest absolute Gasteiger partial charge is 0.416 e. The Balaban J connectivity index is 3.08. The molecule has 0 saturated carbocycles. The second-order valence-electron chi connectivity index (χ2n) is 3.50. The lowest BCUT2D eigenvalue weighted by molar-refractivity contribution is -0.137. The normalized spacial score (nSPS) is 15.6. The highest BCUT2D eigenvalue weighted by molar-refractivity contribution is 5.65. The Morgan fingerprint density at radius 3 is 1.88 bits per heavy atom. The van der Waals surface area contributed by atoms with Gasteiger partial charge < -0.3 is 4.74 Å². The molecular formula is C11H11F3O2. The maximum absolute atomic E-state index is 12.3. The van der Waals surface area contributed by atoms with Gasteiger partial charge in [0.15, 0.2) is 6.29 Å². The summed E-state index contributed by atoms with van der Waals surface area (Å²) in [5.41, 5.74) is -1.57. The van der Waals surface area contributed by atoms with Crippen LogP contribution in [0.5, 0.6) is 0 Å². The SMILES string of the molecule is COC(C)(C=O)c1ccc(C(F)(F)F)cc1. The van der Waals surface area contributed by atoms with Crippen LogP contribution in [0.2, 0.25) is 0 Å². The molecule has 0 aliphatic rings. The minimum atomic E-state index is -4.37. The third-order valence-corrected chi connectivity index (χ3v) is 2.43. The molecule has 5 heteroatoms. The number of aldehydes is 1. The first-order valence-corrected chi connectivity index (χ1v) is 4.53. The average molecular weight is 232 g/mol. The summed E-state index contributed by atoms with van der Waals surface area (Å²) < 4.78 is 41.8. The van der Waals surface area contributed by atoms with Gasteiger partial charge in [0.05, 0.1) is 5.56 Å². The molecule has 0 amide bonds. The summed E-state index contributed by atoms with van der Waals surface area (Å²) >= 11 is 0. The fourth-order valence-corrected chi connectivity index (χ4v) is 1.22. The maximum atomic E-state index is 12.3. The van der Waals surface area contributed by atoms with Gasteiger partial charge in [0.25, 0.3) is 0 Å². The third kappa shape index (κ3) is 2.41. The lowest BCUT2D eigenvalue weighted by Crippen LogP contribution is -2.26. The van der Waals surface area contributed by atoms with Crippen LogP contribution < -0.4 is 0 Å². The van der Waals surface area contributed by atoms with E-state index in [0.29, 0.717) is 11.8 Å². The second-order valence-corrected chi connectivity index (χ2v) is 3.50. The molecule has 0 radical (unpaired) electrons. The smallest absolute Gasteiger partial charge is 0.366 e. The first kappa shape index (κ1) is 12.7. The van der Waals surface area contributed by atoms with E-state index in [-0.39, 0.29) is 0 Å². The first-order chi connectivity index (χ1) is 7.33. The number of methoxy groups -OCH3 is 1. The van der Waals surface area contributed by atoms with Gasteiger partial charge in [-0.05, 0) is 24.6 Å². The molecule has 0 aromatic heterocycles. The molecule has 0 aliphatic heterocycles. The summed E-state index contributed by atoms with van der Waals surface area (Å²) in [4.78, 5) is 10.8. The van der Waals surface area contributed by atoms with Gasteiger partial charge in [-0.1, -0.05) is 12.1 Å². The van der Waals surface area contributed by atoms with Crippen LogP contribution in [0.1, 0.15) is 18.1 Å². The van der Waals surface area contributed by atoms with Crippen molar-refractivity contribution in [3.63, 3.8) is 0 Å². The van der Waals surface area contributed by atoms with Gasteiger partial charge in [0.1, 0.15) is 5.60 Å². The topological polar surface area (TPSA) is 26.3 Å². The van der Waals surface area contributed by atoms with Gasteiger partial charge in [-0.2, -0.15) is 13.2 Å². The van der Waals surface area contributed by atoms with E-state index in [4.69, 9.17) is 4.74 Å². The van der Waals surface area contributed by atoms with Crippen molar-refractivity contribution in [2.24, 2.45) is 0 Å². The molecule has 1 aromatic carbocycles. The Bertz CT molecular complexity index is 370. The molecule has 0 spiro atoms. The average Bonchev–Trinajstić information content (AvgIpc) is 2.27. The fourth-order valence-electron chi connectivity index (χ4n) is 1.22. The Labute approximate surface area is 91.0 Å². The lowest BCUT2D eigenvalue weighted by atomic mass is 9.96. The minimum Gasteiger partial charge on any atom is -0.366 e. The molecule has 0 bridgehead atoms. The highest BCUT2D eigenvalue weighted by Gasteiger charge is 2.31. The van der Waals surface area contributed by atoms with E-state index in [1.807, 2.05) is 0 Å². The van der Waals surface area contributed by atoms with Crippen molar-refractivity contribution >= 4 is 6.29 Å². The summed E-state index contributed by atoms with van der Waals surface area (Å²) in [7, 11) is 1.33. The predicted octanol–water partition coefficient (Wildman–Crippen LogP) is 2.77. The Hall–Kier alpha value is -1.36. The van der Waals surface area contributed by atoms with E-state index in [9.17, 15) is 18.0 Å². The van der Waals surface area contributed by atoms with Crippen LogP contribution in [0.15, 0.2) is 24.3 Å². The first-order valence-electron chi connectivity index (χ1n) is 4.53. The summed E-state index contributed by atoms with van der Waals surface area (Å²) in [5.74, 6) is 0. The van der Waals surface area contributed by atoms with Crippen molar-refractivity contribution in [3.8, 4) is 0 Å². The van der Waals surface area contributed by atoms with Crippen LogP contribution in [-0.4, -0.2) is 13.4 Å². The van der Waals surface area contributed by atoms with Gasteiger partial charge in [-0.3, -0.25) is 4.79 Å². The van der Waals surface area contributed by atoms with E-state index in [1.165, 1.54) is 26.2 Å². The number of rotatable bonds is 3. The fraction of sp³-hybridized carbons (Fsp3) is 0.364. The highest BCUT2D eigenvalue weighted by atomic mass is 19.4. The Morgan fingerprint density at radius 2 is 1.56 bits per heavy atom. The van der Waals surface area contributed by atoms with E-state index in [0.717, 1.165) is 12.1 Å². The Morgan fingerprint density at radius 1 is 1.12 bits per heavy atom. The Kier molecular flexibility index (Phi) is 3.38. The third-order valence-electron chi connectivity index (χ3n) is 2.43. The van der Waals surface area contributed by atoms with Crippen molar-refractivity contribution in [2.75, 3.05) is 7.11 Å². The van der Waals surface area contributed by atoms with Crippen molar-refractivity contribution < 1.29 is 22.7 Å². The van der Waals surface area contributed by atoms with Crippen LogP contribution in [0, 0.1) is 0 Å². The highest BCUT2D eigenvalue weighted by Crippen LogP contribution is 2.31. The zero-order valence-corrected chi connectivity index (χ0v) is 8.84. The molecule has 0 saturated heterocycles. The van der Waals surface area contributed by atoms with Crippen molar-refractivity contribution in [1.82, 2.24) is 0 Å². The van der Waals surface area contributed by atoms with E-state index in [1.54, 1.807) is 0 Å². The molecule has 1 aromatic rings. The number of halogens is 3. The molecule has 16 heavy (non-hydrogen) atoms. The van der Waals surface area contributed by atoms with E-state index >= 15 is 0 Å². The van der Waals surface area contributed by atoms with Gasteiger partial charge in [-0.25, -0.2) is 0 Å². The van der Waals surface area contributed by atoms with Gasteiger partial charge in [-0.15, -0.1) is 0 Å². The van der Waals surface area contributed by atoms with Crippen LogP contribution in [0.4, 0.5) is 13.2 Å². The van der Waals surface area contributed by atoms with Gasteiger partial charge in [0, 0.05) is 7.11 Å². The van der Waals surface area contributed by atoms with Gasteiger partial charge >= 0.3 is 6.18 Å². The van der Waals surface area contributed by atoms with Crippen LogP contribution in [-0.2, 0) is 21.3 Å². The van der Waals surface area contributed by atoms with Crippen LogP contribution >= 0.6 is 0 Å². The molecule has 0 heterocycles. The number of ether oxygens (including phenoxy) is 1. The van der Waals surface area contributed by atoms with Crippen LogP contribution in [0.25, 0.3) is 0 Å². The number of carbonyl (C=O) groups is 1. The molecule has 1 unspecified atom stereocenters. The summed E-state index contributed by atoms with van der Waals surface area (Å²) in [5, 5.41) is 0.